The number of anilines is 1. The Bertz CT molecular complexity index is 398. The highest BCUT2D eigenvalue weighted by atomic mass is 35.5. The summed E-state index contributed by atoms with van der Waals surface area (Å²) in [7, 11) is 0. The highest BCUT2D eigenvalue weighted by Crippen LogP contribution is 2.26. The number of rotatable bonds is 3. The molecule has 1 heterocycles. The number of alkyl halides is 3. The molecule has 1 aromatic rings. The van der Waals surface area contributed by atoms with E-state index in [2.05, 4.69) is 4.98 Å². The average Bonchev–Trinajstić information content (AvgIpc) is 2.16. The number of aromatic nitrogens is 1. The minimum absolute atomic E-state index is 0.0219. The second-order valence-corrected chi connectivity index (χ2v) is 2.98. The summed E-state index contributed by atoms with van der Waals surface area (Å²) in [5.74, 6) is -2.05. The van der Waals surface area contributed by atoms with Gasteiger partial charge in [-0.2, -0.15) is 0 Å². The first-order valence-electron chi connectivity index (χ1n) is 3.84. The summed E-state index contributed by atoms with van der Waals surface area (Å²) < 4.78 is 24.7. The topological polar surface area (TPSA) is 76.2 Å². The van der Waals surface area contributed by atoms with Crippen LogP contribution in [-0.4, -0.2) is 16.1 Å². The molecule has 0 saturated carbocycles. The zero-order chi connectivity index (χ0) is 11.6. The van der Waals surface area contributed by atoms with Crippen molar-refractivity contribution in [3.05, 3.63) is 22.9 Å². The maximum atomic E-state index is 12.4. The second kappa shape index (κ2) is 4.39. The highest BCUT2D eigenvalue weighted by Gasteiger charge is 2.19. The molecule has 4 nitrogen and oxygen atoms in total. The molecular formula is C8H7ClF2N2O2. The van der Waals surface area contributed by atoms with Crippen LogP contribution < -0.4 is 5.73 Å². The number of pyridine rings is 1. The van der Waals surface area contributed by atoms with Crippen LogP contribution in [-0.2, 0) is 5.88 Å². The number of nitrogen functional groups attached to an aromatic ring is 1. The molecule has 0 unspecified atom stereocenters. The maximum absolute atomic E-state index is 12.4. The molecule has 0 radical (unpaired) electrons. The molecular weight excluding hydrogens is 230 g/mol. The van der Waals surface area contributed by atoms with Crippen molar-refractivity contribution in [3.8, 4) is 0 Å². The Kier molecular flexibility index (Phi) is 3.41. The van der Waals surface area contributed by atoms with Crippen molar-refractivity contribution in [1.29, 1.82) is 0 Å². The largest absolute Gasteiger partial charge is 0.477 e. The molecule has 0 aliphatic carbocycles. The lowest BCUT2D eigenvalue weighted by atomic mass is 10.1. The number of carboxylic acids is 1. The van der Waals surface area contributed by atoms with Crippen LogP contribution in [0.15, 0.2) is 6.07 Å². The number of carbonyl (C=O) groups is 1. The van der Waals surface area contributed by atoms with Gasteiger partial charge in [0.05, 0.1) is 5.56 Å². The summed E-state index contributed by atoms with van der Waals surface area (Å²) >= 11 is 5.42. The molecule has 0 saturated heterocycles. The zero-order valence-corrected chi connectivity index (χ0v) is 8.13. The third-order valence-corrected chi connectivity index (χ3v) is 2.03. The Morgan fingerprint density at radius 1 is 1.67 bits per heavy atom. The predicted molar refractivity (Wildman–Crippen MR) is 50.1 cm³/mol. The monoisotopic (exact) mass is 236 g/mol. The standard InChI is InChI=1S/C8H7ClF2N2O2/c9-2-3-1-4(6(10)11)7(12)13-5(3)8(14)15/h1,6H,2H2,(H2,12,13)(H,14,15). The number of hydrogen-bond donors (Lipinski definition) is 2. The van der Waals surface area contributed by atoms with Crippen molar-refractivity contribution < 1.29 is 18.7 Å². The summed E-state index contributed by atoms with van der Waals surface area (Å²) in [6.07, 6.45) is -2.80. The Hall–Kier alpha value is -1.43. The fraction of sp³-hybridized carbons (Fsp3) is 0.250. The molecule has 0 atom stereocenters. The molecule has 0 fully saturated rings. The van der Waals surface area contributed by atoms with E-state index in [1.807, 2.05) is 0 Å². The van der Waals surface area contributed by atoms with E-state index >= 15 is 0 Å². The number of carboxylic acid groups (broad SMARTS) is 1. The van der Waals surface area contributed by atoms with E-state index in [-0.39, 0.29) is 11.4 Å². The fourth-order valence-corrected chi connectivity index (χ4v) is 1.25. The van der Waals surface area contributed by atoms with Gasteiger partial charge in [-0.25, -0.2) is 18.6 Å². The molecule has 1 aromatic heterocycles. The molecule has 15 heavy (non-hydrogen) atoms. The van der Waals surface area contributed by atoms with Gasteiger partial charge in [0.25, 0.3) is 6.43 Å². The average molecular weight is 237 g/mol. The summed E-state index contributed by atoms with van der Waals surface area (Å²) in [5.41, 5.74) is 4.31. The maximum Gasteiger partial charge on any atom is 0.354 e. The third-order valence-electron chi connectivity index (χ3n) is 1.74. The van der Waals surface area contributed by atoms with Gasteiger partial charge in [0.2, 0.25) is 0 Å². The Labute approximate surface area is 88.7 Å². The summed E-state index contributed by atoms with van der Waals surface area (Å²) in [6, 6.07) is 0.962. The molecule has 0 aliphatic rings. The zero-order valence-electron chi connectivity index (χ0n) is 7.38. The lowest BCUT2D eigenvalue weighted by molar-refractivity contribution is 0.0689. The van der Waals surface area contributed by atoms with Crippen LogP contribution in [0.25, 0.3) is 0 Å². The Morgan fingerprint density at radius 2 is 2.27 bits per heavy atom. The van der Waals surface area contributed by atoms with Crippen molar-refractivity contribution in [3.63, 3.8) is 0 Å². The molecule has 3 N–H and O–H groups in total. The fourth-order valence-electron chi connectivity index (χ4n) is 1.05. The van der Waals surface area contributed by atoms with Crippen LogP contribution in [0.1, 0.15) is 28.0 Å². The molecule has 0 spiro atoms. The van der Waals surface area contributed by atoms with E-state index in [1.54, 1.807) is 0 Å². The van der Waals surface area contributed by atoms with Gasteiger partial charge in [-0.1, -0.05) is 0 Å². The van der Waals surface area contributed by atoms with Crippen molar-refractivity contribution >= 4 is 23.4 Å². The van der Waals surface area contributed by atoms with Crippen LogP contribution in [0.4, 0.5) is 14.6 Å². The first-order valence-corrected chi connectivity index (χ1v) is 4.37. The van der Waals surface area contributed by atoms with Gasteiger partial charge >= 0.3 is 5.97 Å². The molecule has 82 valence electrons. The SMILES string of the molecule is Nc1nc(C(=O)O)c(CCl)cc1C(F)F. The van der Waals surface area contributed by atoms with Crippen molar-refractivity contribution in [2.45, 2.75) is 12.3 Å². The molecule has 0 amide bonds. The van der Waals surface area contributed by atoms with Crippen molar-refractivity contribution in [2.75, 3.05) is 5.73 Å². The molecule has 0 aromatic carbocycles. The predicted octanol–water partition coefficient (Wildman–Crippen LogP) is 2.04. The second-order valence-electron chi connectivity index (χ2n) is 2.71. The Balaban J connectivity index is 3.35. The number of nitrogens with zero attached hydrogens (tertiary/aromatic N) is 1. The van der Waals surface area contributed by atoms with E-state index < -0.39 is 29.5 Å². The summed E-state index contributed by atoms with van der Waals surface area (Å²) in [5, 5.41) is 8.69. The lowest BCUT2D eigenvalue weighted by Gasteiger charge is -2.08. The molecule has 0 bridgehead atoms. The quantitative estimate of drug-likeness (QED) is 0.788. The van der Waals surface area contributed by atoms with Crippen LogP contribution in [0.2, 0.25) is 0 Å². The Morgan fingerprint density at radius 3 is 2.67 bits per heavy atom. The number of halogens is 3. The third kappa shape index (κ3) is 2.33. The van der Waals surface area contributed by atoms with Gasteiger partial charge in [0, 0.05) is 11.4 Å². The first kappa shape index (κ1) is 11.6. The number of hydrogen-bond acceptors (Lipinski definition) is 3. The van der Waals surface area contributed by atoms with E-state index in [0.29, 0.717) is 0 Å². The van der Waals surface area contributed by atoms with Gasteiger partial charge in [-0.05, 0) is 6.07 Å². The summed E-state index contributed by atoms with van der Waals surface area (Å²) in [4.78, 5) is 14.0. The minimum atomic E-state index is -2.80. The van der Waals surface area contributed by atoms with Crippen molar-refractivity contribution in [2.24, 2.45) is 0 Å². The van der Waals surface area contributed by atoms with Gasteiger partial charge in [0.1, 0.15) is 5.82 Å². The van der Waals surface area contributed by atoms with E-state index in [9.17, 15) is 13.6 Å². The van der Waals surface area contributed by atoms with Gasteiger partial charge in [-0.3, -0.25) is 0 Å². The minimum Gasteiger partial charge on any atom is -0.477 e. The normalized spacial score (nSPS) is 10.7. The van der Waals surface area contributed by atoms with Gasteiger partial charge in [-0.15, -0.1) is 11.6 Å². The van der Waals surface area contributed by atoms with E-state index in [4.69, 9.17) is 22.4 Å². The highest BCUT2D eigenvalue weighted by molar-refractivity contribution is 6.17. The summed E-state index contributed by atoms with van der Waals surface area (Å²) in [6.45, 7) is 0. The molecule has 0 aliphatic heterocycles. The van der Waals surface area contributed by atoms with Gasteiger partial charge < -0.3 is 10.8 Å². The van der Waals surface area contributed by atoms with Crippen molar-refractivity contribution in [1.82, 2.24) is 4.98 Å². The van der Waals surface area contributed by atoms with Crippen LogP contribution in [0, 0.1) is 0 Å². The smallest absolute Gasteiger partial charge is 0.354 e. The van der Waals surface area contributed by atoms with E-state index in [0.717, 1.165) is 6.07 Å². The van der Waals surface area contributed by atoms with Gasteiger partial charge in [0.15, 0.2) is 5.69 Å². The van der Waals surface area contributed by atoms with Crippen LogP contribution in [0.5, 0.6) is 0 Å². The molecule has 1 rings (SSSR count). The molecule has 7 heteroatoms. The first-order chi connectivity index (χ1) is 6.97. The van der Waals surface area contributed by atoms with Crippen LogP contribution >= 0.6 is 11.6 Å². The lowest BCUT2D eigenvalue weighted by Crippen LogP contribution is -2.10. The number of nitrogens with two attached hydrogens (primary N) is 1. The van der Waals surface area contributed by atoms with Crippen LogP contribution in [0.3, 0.4) is 0 Å². The van der Waals surface area contributed by atoms with E-state index in [1.165, 1.54) is 0 Å². The number of aromatic carboxylic acids is 1.